The Balaban J connectivity index is 1.74. The van der Waals surface area contributed by atoms with E-state index in [0.717, 1.165) is 16.3 Å². The Morgan fingerprint density at radius 3 is 2.81 bits per heavy atom. The van der Waals surface area contributed by atoms with Gasteiger partial charge >= 0.3 is 0 Å². The Morgan fingerprint density at radius 2 is 2.10 bits per heavy atom. The average Bonchev–Trinajstić information content (AvgIpc) is 3.10. The number of hydrogen-bond donors (Lipinski definition) is 1. The Morgan fingerprint density at radius 1 is 1.24 bits per heavy atom. The van der Waals surface area contributed by atoms with E-state index in [1.807, 2.05) is 29.0 Å². The lowest BCUT2D eigenvalue weighted by Crippen LogP contribution is -1.99. The largest absolute Gasteiger partial charge is 0.380 e. The smallest absolute Gasteiger partial charge is 0.103 e. The second-order valence-corrected chi connectivity index (χ2v) is 6.68. The Labute approximate surface area is 137 Å². The lowest BCUT2D eigenvalue weighted by atomic mass is 10.2. The van der Waals surface area contributed by atoms with Gasteiger partial charge in [0.1, 0.15) is 5.00 Å². The molecule has 1 aromatic carbocycles. The molecule has 0 fully saturated rings. The van der Waals surface area contributed by atoms with Crippen LogP contribution in [0.4, 0.5) is 5.69 Å². The average molecular weight is 338 g/mol. The summed E-state index contributed by atoms with van der Waals surface area (Å²) >= 11 is 13.7. The molecule has 21 heavy (non-hydrogen) atoms. The number of benzene rings is 1. The maximum absolute atomic E-state index is 6.03. The number of halogens is 2. The third kappa shape index (κ3) is 3.23. The fourth-order valence-electron chi connectivity index (χ4n) is 2.01. The second-order valence-electron chi connectivity index (χ2n) is 4.63. The van der Waals surface area contributed by atoms with Gasteiger partial charge in [0.15, 0.2) is 0 Å². The first-order valence-electron chi connectivity index (χ1n) is 6.40. The van der Waals surface area contributed by atoms with Gasteiger partial charge in [-0.1, -0.05) is 29.3 Å². The van der Waals surface area contributed by atoms with Crippen molar-refractivity contribution < 1.29 is 0 Å². The summed E-state index contributed by atoms with van der Waals surface area (Å²) in [7, 11) is 0. The summed E-state index contributed by atoms with van der Waals surface area (Å²) < 4.78 is 2.00. The van der Waals surface area contributed by atoms with E-state index in [0.29, 0.717) is 16.6 Å². The van der Waals surface area contributed by atoms with Crippen LogP contribution in [0, 0.1) is 6.92 Å². The van der Waals surface area contributed by atoms with Crippen LogP contribution in [0.5, 0.6) is 0 Å². The van der Waals surface area contributed by atoms with E-state index in [1.165, 1.54) is 4.88 Å². The molecule has 0 saturated carbocycles. The summed E-state index contributed by atoms with van der Waals surface area (Å²) in [6, 6.07) is 7.80. The maximum atomic E-state index is 6.03. The quantitative estimate of drug-likeness (QED) is 0.712. The standard InChI is InChI=1S/C15H13Cl2N3S/c1-10-14(7-15(21-10)20-5-4-18-9-20)19-8-11-2-3-12(16)13(17)6-11/h2-7,9,19H,8H2,1H3. The topological polar surface area (TPSA) is 29.9 Å². The van der Waals surface area contributed by atoms with Crippen molar-refractivity contribution in [3.63, 3.8) is 0 Å². The zero-order valence-electron chi connectivity index (χ0n) is 11.3. The molecule has 0 atom stereocenters. The molecule has 2 heterocycles. The predicted molar refractivity (Wildman–Crippen MR) is 90.0 cm³/mol. The van der Waals surface area contributed by atoms with Gasteiger partial charge in [0.25, 0.3) is 0 Å². The lowest BCUT2D eigenvalue weighted by Gasteiger charge is -2.06. The monoisotopic (exact) mass is 337 g/mol. The molecule has 0 bridgehead atoms. The number of imidazole rings is 1. The molecule has 0 aliphatic carbocycles. The lowest BCUT2D eigenvalue weighted by molar-refractivity contribution is 1.08. The van der Waals surface area contributed by atoms with Gasteiger partial charge in [-0.25, -0.2) is 4.98 Å². The minimum absolute atomic E-state index is 0.578. The van der Waals surface area contributed by atoms with Crippen molar-refractivity contribution in [1.29, 1.82) is 0 Å². The van der Waals surface area contributed by atoms with Crippen LogP contribution in [0.15, 0.2) is 43.0 Å². The van der Waals surface area contributed by atoms with Crippen LogP contribution in [0.1, 0.15) is 10.4 Å². The first-order chi connectivity index (χ1) is 10.1. The number of hydrogen-bond acceptors (Lipinski definition) is 3. The van der Waals surface area contributed by atoms with Crippen molar-refractivity contribution in [2.45, 2.75) is 13.5 Å². The minimum Gasteiger partial charge on any atom is -0.380 e. The Hall–Kier alpha value is -1.49. The molecule has 6 heteroatoms. The predicted octanol–water partition coefficient (Wildman–Crippen LogP) is 5.16. The highest BCUT2D eigenvalue weighted by molar-refractivity contribution is 7.15. The van der Waals surface area contributed by atoms with Crippen LogP contribution in [0.2, 0.25) is 10.0 Å². The van der Waals surface area contributed by atoms with Gasteiger partial charge in [-0.2, -0.15) is 0 Å². The van der Waals surface area contributed by atoms with Crippen molar-refractivity contribution in [2.75, 3.05) is 5.32 Å². The molecule has 3 nitrogen and oxygen atoms in total. The third-order valence-corrected chi connectivity index (χ3v) is 4.93. The fourth-order valence-corrected chi connectivity index (χ4v) is 3.27. The summed E-state index contributed by atoms with van der Waals surface area (Å²) in [6.07, 6.45) is 5.51. The van der Waals surface area contributed by atoms with Crippen molar-refractivity contribution in [3.05, 3.63) is 63.5 Å². The molecular formula is C15H13Cl2N3S. The van der Waals surface area contributed by atoms with E-state index in [2.05, 4.69) is 23.3 Å². The van der Waals surface area contributed by atoms with Crippen molar-refractivity contribution in [2.24, 2.45) is 0 Å². The zero-order valence-corrected chi connectivity index (χ0v) is 13.6. The van der Waals surface area contributed by atoms with Gasteiger partial charge in [-0.15, -0.1) is 11.3 Å². The molecule has 3 aromatic rings. The first-order valence-corrected chi connectivity index (χ1v) is 7.97. The van der Waals surface area contributed by atoms with Gasteiger partial charge in [0, 0.05) is 23.8 Å². The van der Waals surface area contributed by atoms with E-state index in [1.54, 1.807) is 23.9 Å². The molecular weight excluding hydrogens is 325 g/mol. The Bertz CT molecular complexity index is 750. The summed E-state index contributed by atoms with van der Waals surface area (Å²) in [5, 5.41) is 5.73. The van der Waals surface area contributed by atoms with Crippen molar-refractivity contribution in [1.82, 2.24) is 9.55 Å². The molecule has 3 rings (SSSR count). The summed E-state index contributed by atoms with van der Waals surface area (Å²) in [5.74, 6) is 0. The highest BCUT2D eigenvalue weighted by atomic mass is 35.5. The van der Waals surface area contributed by atoms with E-state index in [4.69, 9.17) is 23.2 Å². The van der Waals surface area contributed by atoms with Crippen LogP contribution in [0.3, 0.4) is 0 Å². The SMILES string of the molecule is Cc1sc(-n2ccnc2)cc1NCc1ccc(Cl)c(Cl)c1. The summed E-state index contributed by atoms with van der Waals surface area (Å²) in [5.41, 5.74) is 2.22. The normalized spacial score (nSPS) is 10.8. The van der Waals surface area contributed by atoms with Crippen LogP contribution in [0.25, 0.3) is 5.00 Å². The van der Waals surface area contributed by atoms with E-state index in [9.17, 15) is 0 Å². The number of nitrogens with zero attached hydrogens (tertiary/aromatic N) is 2. The second kappa shape index (κ2) is 6.10. The number of aryl methyl sites for hydroxylation is 1. The van der Waals surface area contributed by atoms with E-state index < -0.39 is 0 Å². The molecule has 0 spiro atoms. The minimum atomic E-state index is 0.578. The van der Waals surface area contributed by atoms with Crippen LogP contribution in [-0.4, -0.2) is 9.55 Å². The van der Waals surface area contributed by atoms with Crippen LogP contribution in [-0.2, 0) is 6.54 Å². The molecule has 0 aliphatic heterocycles. The number of nitrogens with one attached hydrogen (secondary N) is 1. The highest BCUT2D eigenvalue weighted by Gasteiger charge is 2.07. The number of rotatable bonds is 4. The van der Waals surface area contributed by atoms with Crippen LogP contribution >= 0.6 is 34.5 Å². The first kappa shape index (κ1) is 14.4. The maximum Gasteiger partial charge on any atom is 0.103 e. The molecule has 0 aliphatic rings. The zero-order chi connectivity index (χ0) is 14.8. The van der Waals surface area contributed by atoms with Gasteiger partial charge in [0.05, 0.1) is 22.1 Å². The van der Waals surface area contributed by atoms with Gasteiger partial charge in [0.2, 0.25) is 0 Å². The van der Waals surface area contributed by atoms with Gasteiger partial charge < -0.3 is 5.32 Å². The van der Waals surface area contributed by atoms with Gasteiger partial charge in [-0.3, -0.25) is 4.57 Å². The molecule has 1 N–H and O–H groups in total. The summed E-state index contributed by atoms with van der Waals surface area (Å²) in [4.78, 5) is 5.31. The Kier molecular flexibility index (Phi) is 4.19. The number of anilines is 1. The highest BCUT2D eigenvalue weighted by Crippen LogP contribution is 2.30. The molecule has 108 valence electrons. The summed E-state index contributed by atoms with van der Waals surface area (Å²) in [6.45, 7) is 2.81. The molecule has 2 aromatic heterocycles. The van der Waals surface area contributed by atoms with Crippen molar-refractivity contribution >= 4 is 40.2 Å². The van der Waals surface area contributed by atoms with Crippen LogP contribution < -0.4 is 5.32 Å². The number of aromatic nitrogens is 2. The fraction of sp³-hybridized carbons (Fsp3) is 0.133. The van der Waals surface area contributed by atoms with E-state index in [-0.39, 0.29) is 0 Å². The molecule has 0 saturated heterocycles. The molecule has 0 amide bonds. The molecule has 0 radical (unpaired) electrons. The van der Waals surface area contributed by atoms with Gasteiger partial charge in [-0.05, 0) is 30.7 Å². The molecule has 0 unspecified atom stereocenters. The third-order valence-electron chi connectivity index (χ3n) is 3.13. The van der Waals surface area contributed by atoms with Crippen molar-refractivity contribution in [3.8, 4) is 5.00 Å². The van der Waals surface area contributed by atoms with E-state index >= 15 is 0 Å². The number of thiophene rings is 1.